The van der Waals surface area contributed by atoms with E-state index < -0.39 is 5.97 Å². The molecule has 0 saturated heterocycles. The van der Waals surface area contributed by atoms with E-state index in [9.17, 15) is 4.79 Å². The van der Waals surface area contributed by atoms with Crippen molar-refractivity contribution in [1.29, 1.82) is 0 Å². The molecule has 2 aliphatic rings. The second-order valence-corrected chi connectivity index (χ2v) is 5.27. The van der Waals surface area contributed by atoms with Gasteiger partial charge in [-0.25, -0.2) is 0 Å². The summed E-state index contributed by atoms with van der Waals surface area (Å²) in [6.07, 6.45) is 6.73. The van der Waals surface area contributed by atoms with Crippen molar-refractivity contribution in [2.24, 2.45) is 5.41 Å². The molecule has 0 aromatic rings. The van der Waals surface area contributed by atoms with Crippen molar-refractivity contribution in [3.8, 4) is 0 Å². The average molecular weight is 241 g/mol. The third-order valence-corrected chi connectivity index (χ3v) is 4.42. The predicted molar refractivity (Wildman–Crippen MR) is 65.0 cm³/mol. The summed E-state index contributed by atoms with van der Waals surface area (Å²) >= 11 is 0. The molecule has 4 nitrogen and oxygen atoms in total. The largest absolute Gasteiger partial charge is 0.481 e. The lowest BCUT2D eigenvalue weighted by Gasteiger charge is -2.54. The molecule has 4 heteroatoms. The predicted octanol–water partition coefficient (Wildman–Crippen LogP) is 1.79. The van der Waals surface area contributed by atoms with Crippen molar-refractivity contribution in [2.75, 3.05) is 13.2 Å². The van der Waals surface area contributed by atoms with Crippen LogP contribution in [-0.4, -0.2) is 36.4 Å². The van der Waals surface area contributed by atoms with E-state index in [1.165, 1.54) is 25.7 Å². The van der Waals surface area contributed by atoms with Crippen LogP contribution in [0.3, 0.4) is 0 Å². The molecule has 2 aliphatic carbocycles. The highest BCUT2D eigenvalue weighted by molar-refractivity contribution is 5.66. The van der Waals surface area contributed by atoms with Gasteiger partial charge in [-0.2, -0.15) is 0 Å². The number of carboxylic acids is 1. The molecule has 0 amide bonds. The molecule has 0 aromatic carbocycles. The molecule has 2 N–H and O–H groups in total. The lowest BCUT2D eigenvalue weighted by Crippen LogP contribution is -2.62. The topological polar surface area (TPSA) is 58.6 Å². The Labute approximate surface area is 103 Å². The zero-order valence-corrected chi connectivity index (χ0v) is 10.6. The highest BCUT2D eigenvalue weighted by Gasteiger charge is 2.56. The van der Waals surface area contributed by atoms with Crippen LogP contribution in [0.4, 0.5) is 0 Å². The van der Waals surface area contributed by atoms with E-state index >= 15 is 0 Å². The Balaban J connectivity index is 1.84. The molecular weight excluding hydrogens is 218 g/mol. The Bertz CT molecular complexity index is 274. The maximum absolute atomic E-state index is 10.5. The van der Waals surface area contributed by atoms with Gasteiger partial charge in [-0.3, -0.25) is 4.79 Å². The van der Waals surface area contributed by atoms with Crippen LogP contribution in [-0.2, 0) is 9.53 Å². The van der Waals surface area contributed by atoms with Gasteiger partial charge in [0.2, 0.25) is 0 Å². The van der Waals surface area contributed by atoms with E-state index in [1.54, 1.807) is 0 Å². The Morgan fingerprint density at radius 3 is 2.76 bits per heavy atom. The first kappa shape index (κ1) is 12.8. The molecule has 2 unspecified atom stereocenters. The normalized spacial score (nSPS) is 30.4. The number of hydrogen-bond donors (Lipinski definition) is 2. The fourth-order valence-corrected chi connectivity index (χ4v) is 3.53. The number of rotatable bonds is 6. The number of aliphatic carboxylic acids is 1. The number of ether oxygens (including phenoxy) is 1. The zero-order chi connectivity index (χ0) is 12.3. The summed E-state index contributed by atoms with van der Waals surface area (Å²) in [5, 5.41) is 12.1. The first-order valence-electron chi connectivity index (χ1n) is 6.76. The molecule has 2 saturated carbocycles. The van der Waals surface area contributed by atoms with Gasteiger partial charge in [0.25, 0.3) is 0 Å². The SMILES string of the molecule is CCOC1CC(NCCC(=O)O)C12CCCC2. The van der Waals surface area contributed by atoms with E-state index in [4.69, 9.17) is 9.84 Å². The van der Waals surface area contributed by atoms with Crippen LogP contribution in [0.5, 0.6) is 0 Å². The van der Waals surface area contributed by atoms with Gasteiger partial charge in [0.05, 0.1) is 12.5 Å². The smallest absolute Gasteiger partial charge is 0.304 e. The minimum atomic E-state index is -0.723. The molecule has 0 heterocycles. The third-order valence-electron chi connectivity index (χ3n) is 4.42. The zero-order valence-electron chi connectivity index (χ0n) is 10.6. The quantitative estimate of drug-likeness (QED) is 0.744. The van der Waals surface area contributed by atoms with Gasteiger partial charge in [-0.05, 0) is 26.2 Å². The highest BCUT2D eigenvalue weighted by Crippen LogP contribution is 2.54. The average Bonchev–Trinajstić information content (AvgIpc) is 2.78. The van der Waals surface area contributed by atoms with Gasteiger partial charge in [0, 0.05) is 24.6 Å². The van der Waals surface area contributed by atoms with Crippen LogP contribution in [0, 0.1) is 5.41 Å². The van der Waals surface area contributed by atoms with Crippen LogP contribution < -0.4 is 5.32 Å². The summed E-state index contributed by atoms with van der Waals surface area (Å²) < 4.78 is 5.82. The van der Waals surface area contributed by atoms with Crippen LogP contribution in [0.2, 0.25) is 0 Å². The Morgan fingerprint density at radius 2 is 2.18 bits per heavy atom. The van der Waals surface area contributed by atoms with Crippen LogP contribution >= 0.6 is 0 Å². The molecule has 2 atom stereocenters. The first-order valence-corrected chi connectivity index (χ1v) is 6.76. The monoisotopic (exact) mass is 241 g/mol. The summed E-state index contributed by atoms with van der Waals surface area (Å²) in [4.78, 5) is 10.5. The van der Waals surface area contributed by atoms with E-state index in [-0.39, 0.29) is 6.42 Å². The van der Waals surface area contributed by atoms with E-state index in [0.29, 0.717) is 24.1 Å². The van der Waals surface area contributed by atoms with Crippen molar-refractivity contribution >= 4 is 5.97 Å². The Morgan fingerprint density at radius 1 is 1.47 bits per heavy atom. The minimum absolute atomic E-state index is 0.214. The van der Waals surface area contributed by atoms with Gasteiger partial charge < -0.3 is 15.2 Å². The fourth-order valence-electron chi connectivity index (χ4n) is 3.53. The summed E-state index contributed by atoms with van der Waals surface area (Å²) in [5.74, 6) is -0.723. The van der Waals surface area contributed by atoms with Crippen molar-refractivity contribution in [3.05, 3.63) is 0 Å². The van der Waals surface area contributed by atoms with E-state index in [2.05, 4.69) is 5.32 Å². The molecule has 2 rings (SSSR count). The maximum atomic E-state index is 10.5. The van der Waals surface area contributed by atoms with Gasteiger partial charge >= 0.3 is 5.97 Å². The lowest BCUT2D eigenvalue weighted by molar-refractivity contribution is -0.138. The van der Waals surface area contributed by atoms with Crippen molar-refractivity contribution in [2.45, 2.75) is 57.6 Å². The van der Waals surface area contributed by atoms with Crippen LogP contribution in [0.1, 0.15) is 45.4 Å². The Hall–Kier alpha value is -0.610. The highest BCUT2D eigenvalue weighted by atomic mass is 16.5. The fraction of sp³-hybridized carbons (Fsp3) is 0.923. The molecular formula is C13H23NO3. The molecule has 0 aromatic heterocycles. The maximum Gasteiger partial charge on any atom is 0.304 e. The Kier molecular flexibility index (Phi) is 4.05. The standard InChI is InChI=1S/C13H23NO3/c1-2-17-11-9-10(14-8-5-12(15)16)13(11)6-3-4-7-13/h10-11,14H,2-9H2,1H3,(H,15,16). The summed E-state index contributed by atoms with van der Waals surface area (Å²) in [6.45, 7) is 3.42. The van der Waals surface area contributed by atoms with E-state index in [1.807, 2.05) is 6.92 Å². The van der Waals surface area contributed by atoms with Crippen molar-refractivity contribution < 1.29 is 14.6 Å². The summed E-state index contributed by atoms with van der Waals surface area (Å²) in [5.41, 5.74) is 0.314. The number of carboxylic acid groups (broad SMARTS) is 1. The van der Waals surface area contributed by atoms with Gasteiger partial charge in [-0.15, -0.1) is 0 Å². The second kappa shape index (κ2) is 5.36. The van der Waals surface area contributed by atoms with E-state index in [0.717, 1.165) is 13.0 Å². The summed E-state index contributed by atoms with van der Waals surface area (Å²) in [7, 11) is 0. The van der Waals surface area contributed by atoms with Gasteiger partial charge in [-0.1, -0.05) is 12.8 Å². The van der Waals surface area contributed by atoms with Crippen LogP contribution in [0.25, 0.3) is 0 Å². The number of hydrogen-bond acceptors (Lipinski definition) is 3. The molecule has 1 spiro atoms. The van der Waals surface area contributed by atoms with Crippen molar-refractivity contribution in [3.63, 3.8) is 0 Å². The molecule has 2 fully saturated rings. The van der Waals surface area contributed by atoms with Crippen molar-refractivity contribution in [1.82, 2.24) is 5.32 Å². The third kappa shape index (κ3) is 2.47. The first-order chi connectivity index (χ1) is 8.19. The van der Waals surface area contributed by atoms with Gasteiger partial charge in [0.15, 0.2) is 0 Å². The van der Waals surface area contributed by atoms with Crippen LogP contribution in [0.15, 0.2) is 0 Å². The molecule has 0 radical (unpaired) electrons. The molecule has 98 valence electrons. The van der Waals surface area contributed by atoms with Gasteiger partial charge in [0.1, 0.15) is 0 Å². The molecule has 0 aliphatic heterocycles. The number of nitrogens with one attached hydrogen (secondary N) is 1. The second-order valence-electron chi connectivity index (χ2n) is 5.27. The molecule has 0 bridgehead atoms. The summed E-state index contributed by atoms with van der Waals surface area (Å²) in [6, 6.07) is 0.473. The minimum Gasteiger partial charge on any atom is -0.481 e. The lowest BCUT2D eigenvalue weighted by atomic mass is 9.60. The molecule has 17 heavy (non-hydrogen) atoms. The number of carbonyl (C=O) groups is 1.